The van der Waals surface area contributed by atoms with Gasteiger partial charge in [-0.2, -0.15) is 0 Å². The Bertz CT molecular complexity index is 891. The van der Waals surface area contributed by atoms with Crippen LogP contribution in [0, 0.1) is 17.0 Å². The number of hydrogen-bond acceptors (Lipinski definition) is 6. The van der Waals surface area contributed by atoms with Gasteiger partial charge in [-0.1, -0.05) is 6.92 Å². The number of anilines is 1. The van der Waals surface area contributed by atoms with Gasteiger partial charge in [-0.05, 0) is 51.1 Å². The quantitative estimate of drug-likeness (QED) is 0.562. The van der Waals surface area contributed by atoms with E-state index in [1.807, 2.05) is 13.8 Å². The summed E-state index contributed by atoms with van der Waals surface area (Å²) in [7, 11) is -2.47. The van der Waals surface area contributed by atoms with Crippen LogP contribution in [0.1, 0.15) is 35.2 Å². The van der Waals surface area contributed by atoms with E-state index < -0.39 is 14.9 Å². The van der Waals surface area contributed by atoms with E-state index in [-0.39, 0.29) is 22.3 Å². The van der Waals surface area contributed by atoms with Crippen LogP contribution in [0.15, 0.2) is 29.2 Å². The average Bonchev–Trinajstić information content (AvgIpc) is 2.95. The number of nitrogens with one attached hydrogen (secondary N) is 2. The maximum absolute atomic E-state index is 11.9. The van der Waals surface area contributed by atoms with E-state index in [0.717, 1.165) is 17.4 Å². The lowest BCUT2D eigenvalue weighted by Gasteiger charge is -2.14. The SMILES string of the molecule is CCc1sc(C(C)Nc2ccc(S(=O)(=O)NC)cc2[N+](=O)[O-])cc1C. The minimum atomic E-state index is -3.74. The van der Waals surface area contributed by atoms with Crippen molar-refractivity contribution in [3.05, 3.63) is 49.7 Å². The molecule has 7 nitrogen and oxygen atoms in total. The lowest BCUT2D eigenvalue weighted by molar-refractivity contribution is -0.384. The Morgan fingerprint density at radius 3 is 2.52 bits per heavy atom. The number of benzene rings is 1. The van der Waals surface area contributed by atoms with Crippen LogP contribution in [0.3, 0.4) is 0 Å². The van der Waals surface area contributed by atoms with Gasteiger partial charge in [0.25, 0.3) is 5.69 Å². The molecule has 1 unspecified atom stereocenters. The van der Waals surface area contributed by atoms with Crippen LogP contribution in [0.25, 0.3) is 0 Å². The number of nitrogens with zero attached hydrogens (tertiary/aromatic N) is 1. The van der Waals surface area contributed by atoms with Crippen molar-refractivity contribution in [2.45, 2.75) is 38.1 Å². The van der Waals surface area contributed by atoms with Gasteiger partial charge in [0.2, 0.25) is 10.0 Å². The summed E-state index contributed by atoms with van der Waals surface area (Å²) in [4.78, 5) is 13.0. The highest BCUT2D eigenvalue weighted by Crippen LogP contribution is 2.33. The highest BCUT2D eigenvalue weighted by molar-refractivity contribution is 7.89. The summed E-state index contributed by atoms with van der Waals surface area (Å²) in [6.45, 7) is 6.06. The molecule has 0 spiro atoms. The van der Waals surface area contributed by atoms with Crippen molar-refractivity contribution in [2.75, 3.05) is 12.4 Å². The normalized spacial score (nSPS) is 12.8. The van der Waals surface area contributed by atoms with Gasteiger partial charge in [0.15, 0.2) is 0 Å². The molecule has 9 heteroatoms. The molecule has 0 saturated carbocycles. The third-order valence-corrected chi connectivity index (χ3v) is 6.88. The summed E-state index contributed by atoms with van der Waals surface area (Å²) in [5.41, 5.74) is 1.23. The molecule has 0 radical (unpaired) electrons. The summed E-state index contributed by atoms with van der Waals surface area (Å²) >= 11 is 1.67. The first-order valence-corrected chi connectivity index (χ1v) is 10.1. The van der Waals surface area contributed by atoms with E-state index in [9.17, 15) is 18.5 Å². The molecule has 0 saturated heterocycles. The largest absolute Gasteiger partial charge is 0.372 e. The molecule has 2 aromatic rings. The average molecular weight is 383 g/mol. The maximum atomic E-state index is 11.9. The molecular formula is C16H21N3O4S2. The fourth-order valence-corrected chi connectivity index (χ4v) is 4.35. The van der Waals surface area contributed by atoms with E-state index >= 15 is 0 Å². The van der Waals surface area contributed by atoms with E-state index in [4.69, 9.17) is 0 Å². The second-order valence-electron chi connectivity index (χ2n) is 5.62. The fourth-order valence-electron chi connectivity index (χ4n) is 2.48. The molecule has 0 aliphatic heterocycles. The summed E-state index contributed by atoms with van der Waals surface area (Å²) in [5.74, 6) is 0. The third kappa shape index (κ3) is 4.17. The lowest BCUT2D eigenvalue weighted by atomic mass is 10.2. The minimum absolute atomic E-state index is 0.130. The van der Waals surface area contributed by atoms with E-state index in [1.54, 1.807) is 11.3 Å². The van der Waals surface area contributed by atoms with Crippen LogP contribution in [0.5, 0.6) is 0 Å². The summed E-state index contributed by atoms with van der Waals surface area (Å²) in [5, 5.41) is 14.5. The zero-order valence-electron chi connectivity index (χ0n) is 14.5. The molecule has 25 heavy (non-hydrogen) atoms. The Kier molecular flexibility index (Phi) is 5.81. The van der Waals surface area contributed by atoms with Crippen LogP contribution >= 0.6 is 11.3 Å². The molecule has 2 rings (SSSR count). The van der Waals surface area contributed by atoms with Crippen LogP contribution in [-0.2, 0) is 16.4 Å². The molecule has 0 aliphatic carbocycles. The zero-order chi connectivity index (χ0) is 18.8. The Labute approximate surface area is 151 Å². The van der Waals surface area contributed by atoms with Crippen molar-refractivity contribution < 1.29 is 13.3 Å². The predicted molar refractivity (Wildman–Crippen MR) is 99.8 cm³/mol. The number of rotatable bonds is 7. The second-order valence-corrected chi connectivity index (χ2v) is 8.67. The van der Waals surface area contributed by atoms with Crippen LogP contribution in [0.4, 0.5) is 11.4 Å². The Morgan fingerprint density at radius 2 is 2.00 bits per heavy atom. The standard InChI is InChI=1S/C16H21N3O4S2/c1-5-15-10(2)8-16(24-15)11(3)18-13-7-6-12(25(22,23)17-4)9-14(13)19(20)21/h6-9,11,17-18H,5H2,1-4H3. The Morgan fingerprint density at radius 1 is 1.32 bits per heavy atom. The molecule has 1 aromatic heterocycles. The molecule has 0 amide bonds. The van der Waals surface area contributed by atoms with E-state index in [2.05, 4.69) is 23.0 Å². The van der Waals surface area contributed by atoms with Gasteiger partial charge in [0.1, 0.15) is 5.69 Å². The van der Waals surface area contributed by atoms with Crippen molar-refractivity contribution in [3.8, 4) is 0 Å². The van der Waals surface area contributed by atoms with Gasteiger partial charge in [-0.25, -0.2) is 13.1 Å². The van der Waals surface area contributed by atoms with Crippen molar-refractivity contribution in [1.29, 1.82) is 0 Å². The maximum Gasteiger partial charge on any atom is 0.293 e. The van der Waals surface area contributed by atoms with Crippen molar-refractivity contribution in [3.63, 3.8) is 0 Å². The monoisotopic (exact) mass is 383 g/mol. The molecular weight excluding hydrogens is 362 g/mol. The minimum Gasteiger partial charge on any atom is -0.372 e. The predicted octanol–water partition coefficient (Wildman–Crippen LogP) is 3.61. The molecule has 2 N–H and O–H groups in total. The van der Waals surface area contributed by atoms with Crippen LogP contribution < -0.4 is 10.0 Å². The van der Waals surface area contributed by atoms with Gasteiger partial charge in [0, 0.05) is 15.8 Å². The van der Waals surface area contributed by atoms with Crippen molar-refractivity contribution >= 4 is 32.7 Å². The lowest BCUT2D eigenvalue weighted by Crippen LogP contribution is -2.19. The summed E-state index contributed by atoms with van der Waals surface area (Å²) in [6.07, 6.45) is 0.944. The number of sulfonamides is 1. The van der Waals surface area contributed by atoms with Crippen molar-refractivity contribution in [2.24, 2.45) is 0 Å². The number of thiophene rings is 1. The van der Waals surface area contributed by atoms with E-state index in [1.165, 1.54) is 29.6 Å². The molecule has 136 valence electrons. The van der Waals surface area contributed by atoms with E-state index in [0.29, 0.717) is 0 Å². The topological polar surface area (TPSA) is 101 Å². The van der Waals surface area contributed by atoms with Gasteiger partial charge in [-0.3, -0.25) is 10.1 Å². The molecule has 1 aromatic carbocycles. The molecule has 1 heterocycles. The molecule has 0 aliphatic rings. The van der Waals surface area contributed by atoms with Gasteiger partial charge in [0.05, 0.1) is 15.9 Å². The van der Waals surface area contributed by atoms with Crippen LogP contribution in [0.2, 0.25) is 0 Å². The Balaban J connectivity index is 2.36. The number of hydrogen-bond donors (Lipinski definition) is 2. The highest BCUT2D eigenvalue weighted by Gasteiger charge is 2.22. The van der Waals surface area contributed by atoms with Crippen molar-refractivity contribution in [1.82, 2.24) is 4.72 Å². The molecule has 0 fully saturated rings. The highest BCUT2D eigenvalue weighted by atomic mass is 32.2. The Hall–Kier alpha value is -1.97. The van der Waals surface area contributed by atoms with Crippen LogP contribution in [-0.4, -0.2) is 20.4 Å². The molecule has 0 bridgehead atoms. The van der Waals surface area contributed by atoms with Gasteiger partial charge >= 0.3 is 0 Å². The number of nitro benzene ring substituents is 1. The first kappa shape index (κ1) is 19.4. The third-order valence-electron chi connectivity index (χ3n) is 3.90. The summed E-state index contributed by atoms with van der Waals surface area (Å²) < 4.78 is 25.9. The zero-order valence-corrected chi connectivity index (χ0v) is 16.1. The summed E-state index contributed by atoms with van der Waals surface area (Å²) in [6, 6.07) is 5.80. The smallest absolute Gasteiger partial charge is 0.293 e. The second kappa shape index (κ2) is 7.51. The fraction of sp³-hybridized carbons (Fsp3) is 0.375. The number of aryl methyl sites for hydroxylation is 2. The number of nitro groups is 1. The van der Waals surface area contributed by atoms with Gasteiger partial charge in [-0.15, -0.1) is 11.3 Å². The molecule has 1 atom stereocenters. The van der Waals surface area contributed by atoms with Gasteiger partial charge < -0.3 is 5.32 Å². The first-order chi connectivity index (χ1) is 11.7. The first-order valence-electron chi connectivity index (χ1n) is 7.77.